The molecular formula is C16H24BrFN2. The molecule has 0 radical (unpaired) electrons. The Morgan fingerprint density at radius 2 is 1.95 bits per heavy atom. The zero-order valence-corrected chi connectivity index (χ0v) is 14.0. The highest BCUT2D eigenvalue weighted by Gasteiger charge is 2.33. The summed E-state index contributed by atoms with van der Waals surface area (Å²) >= 11 is 3.19. The van der Waals surface area contributed by atoms with Crippen molar-refractivity contribution in [2.24, 2.45) is 0 Å². The summed E-state index contributed by atoms with van der Waals surface area (Å²) in [6.45, 7) is 1.69. The van der Waals surface area contributed by atoms with Gasteiger partial charge in [0, 0.05) is 18.6 Å². The number of nitrogens with one attached hydrogen (secondary N) is 1. The molecule has 112 valence electrons. The number of rotatable bonds is 5. The van der Waals surface area contributed by atoms with E-state index in [-0.39, 0.29) is 11.4 Å². The van der Waals surface area contributed by atoms with Crippen molar-refractivity contribution in [2.45, 2.75) is 44.2 Å². The van der Waals surface area contributed by atoms with Gasteiger partial charge in [-0.05, 0) is 60.6 Å². The van der Waals surface area contributed by atoms with E-state index in [0.717, 1.165) is 18.7 Å². The van der Waals surface area contributed by atoms with Crippen LogP contribution in [0.2, 0.25) is 0 Å². The van der Waals surface area contributed by atoms with Gasteiger partial charge in [-0.3, -0.25) is 0 Å². The first-order valence-electron chi connectivity index (χ1n) is 7.36. The Morgan fingerprint density at radius 1 is 1.25 bits per heavy atom. The number of hydrogen-bond acceptors (Lipinski definition) is 2. The SMILES string of the molecule is CN(C)C1(CNCc2ccc(Br)c(F)c2)CCCCC1. The molecule has 0 atom stereocenters. The van der Waals surface area contributed by atoms with Gasteiger partial charge in [0.05, 0.1) is 4.47 Å². The van der Waals surface area contributed by atoms with E-state index in [1.807, 2.05) is 6.07 Å². The summed E-state index contributed by atoms with van der Waals surface area (Å²) in [5, 5.41) is 3.52. The normalized spacial score (nSPS) is 18.4. The smallest absolute Gasteiger partial charge is 0.137 e. The molecule has 0 heterocycles. The van der Waals surface area contributed by atoms with Crippen LogP contribution >= 0.6 is 15.9 Å². The molecule has 2 rings (SSSR count). The molecule has 20 heavy (non-hydrogen) atoms. The van der Waals surface area contributed by atoms with Crippen LogP contribution in [0.25, 0.3) is 0 Å². The van der Waals surface area contributed by atoms with Crippen molar-refractivity contribution in [3.8, 4) is 0 Å². The van der Waals surface area contributed by atoms with Crippen LogP contribution in [0.5, 0.6) is 0 Å². The fraction of sp³-hybridized carbons (Fsp3) is 0.625. The van der Waals surface area contributed by atoms with Gasteiger partial charge in [-0.15, -0.1) is 0 Å². The maximum absolute atomic E-state index is 13.5. The van der Waals surface area contributed by atoms with Gasteiger partial charge in [0.2, 0.25) is 0 Å². The molecule has 1 saturated carbocycles. The van der Waals surface area contributed by atoms with Gasteiger partial charge >= 0.3 is 0 Å². The number of hydrogen-bond donors (Lipinski definition) is 1. The molecule has 1 aromatic rings. The third-order valence-electron chi connectivity index (χ3n) is 4.50. The zero-order valence-electron chi connectivity index (χ0n) is 12.4. The summed E-state index contributed by atoms with van der Waals surface area (Å²) in [7, 11) is 4.35. The predicted molar refractivity (Wildman–Crippen MR) is 85.3 cm³/mol. The summed E-state index contributed by atoms with van der Waals surface area (Å²) in [4.78, 5) is 2.36. The minimum absolute atomic E-state index is 0.190. The van der Waals surface area contributed by atoms with Gasteiger partial charge in [0.25, 0.3) is 0 Å². The van der Waals surface area contributed by atoms with Crippen LogP contribution < -0.4 is 5.32 Å². The Hall–Kier alpha value is -0.450. The van der Waals surface area contributed by atoms with Gasteiger partial charge < -0.3 is 10.2 Å². The average Bonchev–Trinajstić information content (AvgIpc) is 2.44. The topological polar surface area (TPSA) is 15.3 Å². The third kappa shape index (κ3) is 3.80. The molecule has 1 fully saturated rings. The van der Waals surface area contributed by atoms with Crippen molar-refractivity contribution in [3.63, 3.8) is 0 Å². The minimum atomic E-state index is -0.190. The van der Waals surface area contributed by atoms with Gasteiger partial charge in [0.1, 0.15) is 5.82 Å². The molecular weight excluding hydrogens is 319 g/mol. The van der Waals surface area contributed by atoms with E-state index < -0.39 is 0 Å². The number of likely N-dealkylation sites (N-methyl/N-ethyl adjacent to an activating group) is 1. The number of halogens is 2. The second-order valence-electron chi connectivity index (χ2n) is 6.03. The lowest BCUT2D eigenvalue weighted by atomic mass is 9.80. The van der Waals surface area contributed by atoms with Crippen LogP contribution in [-0.2, 0) is 6.54 Å². The van der Waals surface area contributed by atoms with Gasteiger partial charge in [-0.2, -0.15) is 0 Å². The Kier molecular flexibility index (Phi) is 5.58. The largest absolute Gasteiger partial charge is 0.311 e. The molecule has 1 aromatic carbocycles. The van der Waals surface area contributed by atoms with Crippen molar-refractivity contribution in [1.29, 1.82) is 0 Å². The second kappa shape index (κ2) is 7.01. The first kappa shape index (κ1) is 15.9. The lowest BCUT2D eigenvalue weighted by Crippen LogP contribution is -2.52. The lowest BCUT2D eigenvalue weighted by molar-refractivity contribution is 0.0984. The van der Waals surface area contributed by atoms with Crippen LogP contribution in [0.4, 0.5) is 4.39 Å². The van der Waals surface area contributed by atoms with E-state index in [1.54, 1.807) is 12.1 Å². The van der Waals surface area contributed by atoms with Crippen molar-refractivity contribution in [3.05, 3.63) is 34.1 Å². The van der Waals surface area contributed by atoms with E-state index in [9.17, 15) is 4.39 Å². The standard InChI is InChI=1S/C16H24BrFN2/c1-20(2)16(8-4-3-5-9-16)12-19-11-13-6-7-14(17)15(18)10-13/h6-7,10,19H,3-5,8-9,11-12H2,1-2H3. The Bertz CT molecular complexity index is 442. The van der Waals surface area contributed by atoms with Crippen molar-refractivity contribution in [1.82, 2.24) is 10.2 Å². The van der Waals surface area contributed by atoms with Gasteiger partial charge in [0.15, 0.2) is 0 Å². The van der Waals surface area contributed by atoms with Crippen molar-refractivity contribution in [2.75, 3.05) is 20.6 Å². The lowest BCUT2D eigenvalue weighted by Gasteiger charge is -2.43. The summed E-state index contributed by atoms with van der Waals surface area (Å²) in [5.74, 6) is -0.190. The van der Waals surface area contributed by atoms with Gasteiger partial charge in [-0.25, -0.2) is 4.39 Å². The maximum Gasteiger partial charge on any atom is 0.137 e. The Labute approximate surface area is 129 Å². The Balaban J connectivity index is 1.91. The fourth-order valence-corrected chi connectivity index (χ4v) is 3.33. The first-order valence-corrected chi connectivity index (χ1v) is 8.15. The summed E-state index contributed by atoms with van der Waals surface area (Å²) < 4.78 is 14.0. The van der Waals surface area contributed by atoms with E-state index >= 15 is 0 Å². The van der Waals surface area contributed by atoms with Crippen LogP contribution in [0.1, 0.15) is 37.7 Å². The second-order valence-corrected chi connectivity index (χ2v) is 6.89. The van der Waals surface area contributed by atoms with E-state index in [2.05, 4.69) is 40.2 Å². The van der Waals surface area contributed by atoms with Crippen LogP contribution in [0.3, 0.4) is 0 Å². The van der Waals surface area contributed by atoms with Crippen LogP contribution in [-0.4, -0.2) is 31.1 Å². The molecule has 2 nitrogen and oxygen atoms in total. The first-order chi connectivity index (χ1) is 9.53. The zero-order chi connectivity index (χ0) is 14.6. The molecule has 0 saturated heterocycles. The predicted octanol–water partition coefficient (Wildman–Crippen LogP) is 3.94. The molecule has 0 aromatic heterocycles. The molecule has 0 spiro atoms. The highest BCUT2D eigenvalue weighted by atomic mass is 79.9. The van der Waals surface area contributed by atoms with E-state index in [0.29, 0.717) is 4.47 Å². The quantitative estimate of drug-likeness (QED) is 0.871. The minimum Gasteiger partial charge on any atom is -0.311 e. The number of nitrogens with zero attached hydrogens (tertiary/aromatic N) is 1. The van der Waals surface area contributed by atoms with E-state index in [4.69, 9.17) is 0 Å². The molecule has 0 bridgehead atoms. The Morgan fingerprint density at radius 3 is 2.55 bits per heavy atom. The highest BCUT2D eigenvalue weighted by Crippen LogP contribution is 2.31. The molecule has 1 N–H and O–H groups in total. The average molecular weight is 343 g/mol. The molecule has 0 aliphatic heterocycles. The van der Waals surface area contributed by atoms with Crippen LogP contribution in [0, 0.1) is 5.82 Å². The third-order valence-corrected chi connectivity index (χ3v) is 5.14. The molecule has 4 heteroatoms. The highest BCUT2D eigenvalue weighted by molar-refractivity contribution is 9.10. The maximum atomic E-state index is 13.5. The summed E-state index contributed by atoms with van der Waals surface area (Å²) in [5.41, 5.74) is 1.27. The monoisotopic (exact) mass is 342 g/mol. The van der Waals surface area contributed by atoms with E-state index in [1.165, 1.54) is 32.1 Å². The number of benzene rings is 1. The molecule has 0 amide bonds. The summed E-state index contributed by atoms with van der Waals surface area (Å²) in [6, 6.07) is 5.33. The van der Waals surface area contributed by atoms with Crippen molar-refractivity contribution >= 4 is 15.9 Å². The van der Waals surface area contributed by atoms with Gasteiger partial charge in [-0.1, -0.05) is 25.3 Å². The molecule has 1 aliphatic rings. The molecule has 0 unspecified atom stereocenters. The van der Waals surface area contributed by atoms with Crippen LogP contribution in [0.15, 0.2) is 22.7 Å². The fourth-order valence-electron chi connectivity index (χ4n) is 3.08. The summed E-state index contributed by atoms with van der Waals surface area (Å²) in [6.07, 6.45) is 6.48. The molecule has 1 aliphatic carbocycles. The van der Waals surface area contributed by atoms with Crippen molar-refractivity contribution < 1.29 is 4.39 Å².